The van der Waals surface area contributed by atoms with E-state index in [4.69, 9.17) is 10.7 Å². The summed E-state index contributed by atoms with van der Waals surface area (Å²) in [4.78, 5) is 94.3. The number of benzene rings is 2. The monoisotopic (exact) mass is 774 g/mol. The Balaban J connectivity index is 0.778. The number of likely N-dealkylation sites (tertiary alicyclic amines) is 2. The highest BCUT2D eigenvalue weighted by molar-refractivity contribution is 6.23. The van der Waals surface area contributed by atoms with Crippen LogP contribution in [0.15, 0.2) is 48.7 Å². The molecule has 0 saturated carbocycles. The highest BCUT2D eigenvalue weighted by atomic mass is 16.2. The Bertz CT molecular complexity index is 2160. The number of aromatic nitrogens is 2. The number of amides is 6. The first-order chi connectivity index (χ1) is 27.6. The summed E-state index contributed by atoms with van der Waals surface area (Å²) in [5.41, 5.74) is 9.24. The SMILES string of the molecule is NC(=O)c1ncc(N2CCC[C@H](N3CCCC3=O)C2)nc1Nc1ccc(C2CN(C[C@@H]3CCN(c4ccc5c(c4)C(=O)N(C4CCC(=O)NC4=O)C5=O)C3)C2)cc1. The van der Waals surface area contributed by atoms with E-state index >= 15 is 0 Å². The number of hydrogen-bond acceptors (Lipinski definition) is 12. The zero-order valence-corrected chi connectivity index (χ0v) is 31.7. The van der Waals surface area contributed by atoms with Gasteiger partial charge in [0.15, 0.2) is 11.5 Å². The van der Waals surface area contributed by atoms with Gasteiger partial charge in [-0.1, -0.05) is 12.1 Å². The highest BCUT2D eigenvalue weighted by Gasteiger charge is 2.45. The van der Waals surface area contributed by atoms with Crippen LogP contribution >= 0.6 is 0 Å². The van der Waals surface area contributed by atoms with Crippen molar-refractivity contribution in [2.75, 3.05) is 67.5 Å². The largest absolute Gasteiger partial charge is 0.371 e. The average molecular weight is 775 g/mol. The van der Waals surface area contributed by atoms with Crippen LogP contribution < -0.4 is 26.2 Å². The molecule has 3 aromatic rings. The topological polar surface area (TPSA) is 194 Å². The molecule has 16 nitrogen and oxygen atoms in total. The Labute approximate surface area is 329 Å². The number of hydrogen-bond donors (Lipinski definition) is 3. The van der Waals surface area contributed by atoms with E-state index in [9.17, 15) is 28.8 Å². The summed E-state index contributed by atoms with van der Waals surface area (Å²) in [6, 6.07) is 12.7. The molecule has 0 aliphatic carbocycles. The minimum Gasteiger partial charge on any atom is -0.371 e. The number of nitrogens with one attached hydrogen (secondary N) is 2. The maximum absolute atomic E-state index is 13.3. The maximum Gasteiger partial charge on any atom is 0.271 e. The second-order valence-electron chi connectivity index (χ2n) is 16.2. The van der Waals surface area contributed by atoms with E-state index in [2.05, 4.69) is 42.5 Å². The Morgan fingerprint density at radius 1 is 0.842 bits per heavy atom. The molecule has 6 aliphatic rings. The second-order valence-corrected chi connectivity index (χ2v) is 16.2. The molecule has 16 heteroatoms. The molecule has 3 atom stereocenters. The molecule has 0 bridgehead atoms. The van der Waals surface area contributed by atoms with Gasteiger partial charge in [0.2, 0.25) is 17.7 Å². The molecule has 5 fully saturated rings. The number of anilines is 4. The number of carbonyl (C=O) groups excluding carboxylic acids is 6. The van der Waals surface area contributed by atoms with E-state index in [-0.39, 0.29) is 36.0 Å². The van der Waals surface area contributed by atoms with Gasteiger partial charge in [0, 0.05) is 88.5 Å². The van der Waals surface area contributed by atoms with Crippen molar-refractivity contribution in [3.8, 4) is 0 Å². The van der Waals surface area contributed by atoms with Crippen LogP contribution in [0.5, 0.6) is 0 Å². The number of carbonyl (C=O) groups is 6. The van der Waals surface area contributed by atoms with Crippen molar-refractivity contribution >= 4 is 58.5 Å². The zero-order chi connectivity index (χ0) is 39.4. The fourth-order valence-corrected chi connectivity index (χ4v) is 9.41. The summed E-state index contributed by atoms with van der Waals surface area (Å²) in [5, 5.41) is 5.52. The molecule has 4 N–H and O–H groups in total. The fourth-order valence-electron chi connectivity index (χ4n) is 9.41. The van der Waals surface area contributed by atoms with E-state index in [1.165, 1.54) is 5.56 Å². The molecule has 5 saturated heterocycles. The smallest absolute Gasteiger partial charge is 0.271 e. The van der Waals surface area contributed by atoms with Crippen molar-refractivity contribution < 1.29 is 28.8 Å². The first-order valence-electron chi connectivity index (χ1n) is 20.0. The molecule has 1 unspecified atom stereocenters. The van der Waals surface area contributed by atoms with E-state index < -0.39 is 35.6 Å². The lowest BCUT2D eigenvalue weighted by atomic mass is 9.90. The standard InChI is InChI=1S/C41H46N10O6/c42-37(54)36-38(45-33(18-43-36)49-14-1-3-29(23-49)50-15-2-4-35(50)53)44-27-7-5-25(6-8-27)26-21-47(22-26)19-24-13-16-48(20-24)28-9-10-30-31(17-28)41(57)51(40(30)56)32-11-12-34(52)46-39(32)55/h5-10,17-18,24,26,29,32H,1-4,11-16,19-23H2,(H2,42,54)(H,44,45)(H,46,52,55)/t24-,29-,32?/m0/s1. The van der Waals surface area contributed by atoms with Crippen LogP contribution in [0.4, 0.5) is 23.0 Å². The Morgan fingerprint density at radius 2 is 1.65 bits per heavy atom. The Kier molecular flexibility index (Phi) is 9.59. The number of primary amides is 1. The van der Waals surface area contributed by atoms with Gasteiger partial charge in [-0.05, 0) is 73.9 Å². The van der Waals surface area contributed by atoms with Gasteiger partial charge in [-0.2, -0.15) is 0 Å². The van der Waals surface area contributed by atoms with Gasteiger partial charge in [0.1, 0.15) is 11.9 Å². The lowest BCUT2D eigenvalue weighted by Crippen LogP contribution is -2.54. The summed E-state index contributed by atoms with van der Waals surface area (Å²) in [5.74, 6) is -0.624. The third-order valence-electron chi connectivity index (χ3n) is 12.5. The predicted molar refractivity (Wildman–Crippen MR) is 209 cm³/mol. The third kappa shape index (κ3) is 7.06. The minimum absolute atomic E-state index is 0.0717. The van der Waals surface area contributed by atoms with Crippen LogP contribution in [0, 0.1) is 5.92 Å². The van der Waals surface area contributed by atoms with Crippen molar-refractivity contribution in [2.45, 2.75) is 62.9 Å². The Morgan fingerprint density at radius 3 is 2.40 bits per heavy atom. The molecule has 2 aromatic carbocycles. The van der Waals surface area contributed by atoms with E-state index in [1.54, 1.807) is 18.3 Å². The molecule has 1 aromatic heterocycles. The van der Waals surface area contributed by atoms with Crippen LogP contribution in [0.3, 0.4) is 0 Å². The van der Waals surface area contributed by atoms with Gasteiger partial charge < -0.3 is 30.7 Å². The van der Waals surface area contributed by atoms with Crippen molar-refractivity contribution in [2.24, 2.45) is 11.7 Å². The first-order valence-corrected chi connectivity index (χ1v) is 20.0. The third-order valence-corrected chi connectivity index (χ3v) is 12.5. The number of nitrogens with two attached hydrogens (primary N) is 1. The zero-order valence-electron chi connectivity index (χ0n) is 31.7. The molecule has 0 spiro atoms. The van der Waals surface area contributed by atoms with Crippen LogP contribution in [0.1, 0.15) is 87.6 Å². The van der Waals surface area contributed by atoms with E-state index in [0.717, 1.165) is 87.8 Å². The summed E-state index contributed by atoms with van der Waals surface area (Å²) in [7, 11) is 0. The molecule has 0 radical (unpaired) electrons. The Hall–Kier alpha value is -5.90. The van der Waals surface area contributed by atoms with Crippen LogP contribution in [0.25, 0.3) is 0 Å². The molecule has 9 rings (SSSR count). The normalized spacial score (nSPS) is 24.3. The van der Waals surface area contributed by atoms with Crippen molar-refractivity contribution in [1.82, 2.24) is 30.0 Å². The number of piperidine rings is 2. The van der Waals surface area contributed by atoms with Crippen LogP contribution in [0.2, 0.25) is 0 Å². The van der Waals surface area contributed by atoms with Crippen molar-refractivity contribution in [3.63, 3.8) is 0 Å². The summed E-state index contributed by atoms with van der Waals surface area (Å²) >= 11 is 0. The molecule has 57 heavy (non-hydrogen) atoms. The van der Waals surface area contributed by atoms with Gasteiger partial charge in [0.25, 0.3) is 17.7 Å². The maximum atomic E-state index is 13.3. The fraction of sp³-hybridized carbons (Fsp3) is 0.463. The number of rotatable bonds is 10. The van der Waals surface area contributed by atoms with Gasteiger partial charge in [0.05, 0.1) is 17.3 Å². The minimum atomic E-state index is -0.979. The van der Waals surface area contributed by atoms with Gasteiger partial charge in [-0.25, -0.2) is 9.97 Å². The number of nitrogens with zero attached hydrogens (tertiary/aromatic N) is 7. The quantitative estimate of drug-likeness (QED) is 0.255. The second kappa shape index (κ2) is 14.9. The van der Waals surface area contributed by atoms with Crippen LogP contribution in [-0.4, -0.2) is 125 Å². The first kappa shape index (κ1) is 36.7. The predicted octanol–water partition coefficient (Wildman–Crippen LogP) is 2.24. The van der Waals surface area contributed by atoms with Gasteiger partial charge in [-0.3, -0.25) is 39.0 Å². The molecular weight excluding hydrogens is 729 g/mol. The molecular formula is C41H46N10O6. The molecule has 296 valence electrons. The summed E-state index contributed by atoms with van der Waals surface area (Å²) < 4.78 is 0. The molecule has 6 amide bonds. The highest BCUT2D eigenvalue weighted by Crippen LogP contribution is 2.35. The van der Waals surface area contributed by atoms with Crippen molar-refractivity contribution in [1.29, 1.82) is 0 Å². The summed E-state index contributed by atoms with van der Waals surface area (Å²) in [6.07, 6.45) is 6.24. The van der Waals surface area contributed by atoms with Gasteiger partial charge >= 0.3 is 0 Å². The van der Waals surface area contributed by atoms with E-state index in [1.807, 2.05) is 23.1 Å². The lowest BCUT2D eigenvalue weighted by Gasteiger charge is -2.41. The van der Waals surface area contributed by atoms with Crippen LogP contribution in [-0.2, 0) is 14.4 Å². The van der Waals surface area contributed by atoms with Crippen molar-refractivity contribution in [3.05, 3.63) is 71.0 Å². The average Bonchev–Trinajstić information content (AvgIpc) is 3.91. The van der Waals surface area contributed by atoms with E-state index in [0.29, 0.717) is 42.0 Å². The van der Waals surface area contributed by atoms with Gasteiger partial charge in [-0.15, -0.1) is 0 Å². The summed E-state index contributed by atoms with van der Waals surface area (Å²) in [6.45, 7) is 6.83. The number of fused-ring (bicyclic) bond motifs is 1. The molecule has 6 aliphatic heterocycles. The lowest BCUT2D eigenvalue weighted by molar-refractivity contribution is -0.136. The molecule has 7 heterocycles. The number of imide groups is 2.